The van der Waals surface area contributed by atoms with Crippen LogP contribution in [-0.2, 0) is 0 Å². The lowest BCUT2D eigenvalue weighted by molar-refractivity contribution is 0.164. The summed E-state index contributed by atoms with van der Waals surface area (Å²) in [6, 6.07) is 5.92. The van der Waals surface area contributed by atoms with Crippen molar-refractivity contribution >= 4 is 11.6 Å². The Bertz CT molecular complexity index is 433. The van der Waals surface area contributed by atoms with Crippen LogP contribution in [0, 0.1) is 6.92 Å². The first kappa shape index (κ1) is 13.7. The number of aryl methyl sites for hydroxylation is 1. The van der Waals surface area contributed by atoms with Gasteiger partial charge in [-0.05, 0) is 58.2 Å². The van der Waals surface area contributed by atoms with E-state index in [1.54, 1.807) is 0 Å². The van der Waals surface area contributed by atoms with Crippen LogP contribution in [0.4, 0.5) is 0 Å². The molecule has 0 spiro atoms. The SMILES string of the molecule is Cc1ccc(Cl)c(OC2(CNC(C)(C)C)CC2)c1. The molecule has 100 valence electrons. The van der Waals surface area contributed by atoms with Crippen LogP contribution in [0.2, 0.25) is 5.02 Å². The highest BCUT2D eigenvalue weighted by Crippen LogP contribution is 2.42. The molecule has 0 atom stereocenters. The minimum Gasteiger partial charge on any atom is -0.484 e. The molecule has 0 radical (unpaired) electrons. The molecule has 0 heterocycles. The Balaban J connectivity index is 2.02. The van der Waals surface area contributed by atoms with Crippen LogP contribution in [0.3, 0.4) is 0 Å². The van der Waals surface area contributed by atoms with Crippen molar-refractivity contribution in [3.8, 4) is 5.75 Å². The maximum atomic E-state index is 6.17. The van der Waals surface area contributed by atoms with Gasteiger partial charge in [-0.3, -0.25) is 0 Å². The van der Waals surface area contributed by atoms with E-state index in [4.69, 9.17) is 16.3 Å². The molecule has 2 nitrogen and oxygen atoms in total. The molecule has 0 unspecified atom stereocenters. The summed E-state index contributed by atoms with van der Waals surface area (Å²) in [5, 5.41) is 4.21. The third-order valence-corrected chi connectivity index (χ3v) is 3.47. The smallest absolute Gasteiger partial charge is 0.139 e. The van der Waals surface area contributed by atoms with Crippen LogP contribution < -0.4 is 10.1 Å². The second-order valence-electron chi connectivity index (χ2n) is 6.32. The van der Waals surface area contributed by atoms with Gasteiger partial charge in [0.05, 0.1) is 5.02 Å². The fourth-order valence-corrected chi connectivity index (χ4v) is 1.96. The van der Waals surface area contributed by atoms with E-state index in [0.717, 1.165) is 25.1 Å². The molecule has 0 aliphatic heterocycles. The Morgan fingerprint density at radius 3 is 2.56 bits per heavy atom. The molecule has 0 aromatic heterocycles. The van der Waals surface area contributed by atoms with Crippen LogP contribution in [-0.4, -0.2) is 17.7 Å². The summed E-state index contributed by atoms with van der Waals surface area (Å²) >= 11 is 6.17. The second-order valence-corrected chi connectivity index (χ2v) is 6.73. The summed E-state index contributed by atoms with van der Waals surface area (Å²) in [4.78, 5) is 0. The number of nitrogens with one attached hydrogen (secondary N) is 1. The summed E-state index contributed by atoms with van der Waals surface area (Å²) in [6.07, 6.45) is 2.20. The highest BCUT2D eigenvalue weighted by atomic mass is 35.5. The van der Waals surface area contributed by atoms with Crippen LogP contribution in [0.15, 0.2) is 18.2 Å². The van der Waals surface area contributed by atoms with E-state index >= 15 is 0 Å². The Morgan fingerprint density at radius 2 is 2.00 bits per heavy atom. The summed E-state index contributed by atoms with van der Waals surface area (Å²) in [6.45, 7) is 9.44. The molecule has 0 bridgehead atoms. The molecule has 1 aliphatic carbocycles. The normalized spacial score (nSPS) is 17.6. The average Bonchev–Trinajstić information content (AvgIpc) is 3.01. The lowest BCUT2D eigenvalue weighted by Gasteiger charge is -2.26. The Labute approximate surface area is 115 Å². The number of halogens is 1. The van der Waals surface area contributed by atoms with Crippen molar-refractivity contribution in [2.75, 3.05) is 6.54 Å². The lowest BCUT2D eigenvalue weighted by Crippen LogP contribution is -2.43. The maximum absolute atomic E-state index is 6.17. The number of hydrogen-bond donors (Lipinski definition) is 1. The second kappa shape index (κ2) is 4.75. The van der Waals surface area contributed by atoms with E-state index in [0.29, 0.717) is 5.02 Å². The van der Waals surface area contributed by atoms with Gasteiger partial charge in [0.2, 0.25) is 0 Å². The number of hydrogen-bond acceptors (Lipinski definition) is 2. The zero-order valence-electron chi connectivity index (χ0n) is 11.6. The highest BCUT2D eigenvalue weighted by molar-refractivity contribution is 6.32. The van der Waals surface area contributed by atoms with Gasteiger partial charge in [0.25, 0.3) is 0 Å². The van der Waals surface area contributed by atoms with Gasteiger partial charge in [-0.15, -0.1) is 0 Å². The minimum absolute atomic E-state index is 0.0509. The first-order valence-electron chi connectivity index (χ1n) is 6.50. The largest absolute Gasteiger partial charge is 0.484 e. The van der Waals surface area contributed by atoms with E-state index < -0.39 is 0 Å². The minimum atomic E-state index is -0.0509. The first-order chi connectivity index (χ1) is 8.30. The van der Waals surface area contributed by atoms with Gasteiger partial charge in [-0.1, -0.05) is 17.7 Å². The molecule has 1 aromatic rings. The summed E-state index contributed by atoms with van der Waals surface area (Å²) in [5.41, 5.74) is 1.24. The topological polar surface area (TPSA) is 21.3 Å². The van der Waals surface area contributed by atoms with E-state index in [1.807, 2.05) is 18.2 Å². The average molecular weight is 268 g/mol. The first-order valence-corrected chi connectivity index (χ1v) is 6.88. The van der Waals surface area contributed by atoms with Crippen molar-refractivity contribution in [1.29, 1.82) is 0 Å². The molecule has 1 aliphatic rings. The third kappa shape index (κ3) is 3.63. The molecule has 0 saturated heterocycles. The predicted molar refractivity (Wildman–Crippen MR) is 76.5 cm³/mol. The molecular formula is C15H22ClNO. The maximum Gasteiger partial charge on any atom is 0.139 e. The Kier molecular flexibility index (Phi) is 3.61. The Morgan fingerprint density at radius 1 is 1.33 bits per heavy atom. The van der Waals surface area contributed by atoms with E-state index in [2.05, 4.69) is 33.0 Å². The van der Waals surface area contributed by atoms with E-state index in [-0.39, 0.29) is 11.1 Å². The molecule has 2 rings (SSSR count). The van der Waals surface area contributed by atoms with Gasteiger partial charge < -0.3 is 10.1 Å². The van der Waals surface area contributed by atoms with Gasteiger partial charge in [-0.2, -0.15) is 0 Å². The number of ether oxygens (including phenoxy) is 1. The molecule has 1 N–H and O–H groups in total. The van der Waals surface area contributed by atoms with Crippen molar-refractivity contribution in [3.05, 3.63) is 28.8 Å². The van der Waals surface area contributed by atoms with Crippen LogP contribution in [0.25, 0.3) is 0 Å². The molecule has 1 fully saturated rings. The summed E-state index contributed by atoms with van der Waals surface area (Å²) in [7, 11) is 0. The fraction of sp³-hybridized carbons (Fsp3) is 0.600. The molecule has 0 amide bonds. The van der Waals surface area contributed by atoms with E-state index in [1.165, 1.54) is 5.56 Å². The molecule has 3 heteroatoms. The monoisotopic (exact) mass is 267 g/mol. The van der Waals surface area contributed by atoms with Crippen molar-refractivity contribution in [2.45, 2.75) is 51.7 Å². The van der Waals surface area contributed by atoms with Crippen molar-refractivity contribution in [2.24, 2.45) is 0 Å². The molecular weight excluding hydrogens is 246 g/mol. The zero-order chi connectivity index (χ0) is 13.4. The van der Waals surface area contributed by atoms with Gasteiger partial charge in [0, 0.05) is 12.1 Å². The quantitative estimate of drug-likeness (QED) is 0.892. The Hall–Kier alpha value is -0.730. The molecule has 18 heavy (non-hydrogen) atoms. The van der Waals surface area contributed by atoms with Gasteiger partial charge >= 0.3 is 0 Å². The van der Waals surface area contributed by atoms with Gasteiger partial charge in [0.1, 0.15) is 11.4 Å². The summed E-state index contributed by atoms with van der Waals surface area (Å²) in [5.74, 6) is 0.810. The number of benzene rings is 1. The number of rotatable bonds is 4. The van der Waals surface area contributed by atoms with E-state index in [9.17, 15) is 0 Å². The summed E-state index contributed by atoms with van der Waals surface area (Å²) < 4.78 is 6.13. The fourth-order valence-electron chi connectivity index (χ4n) is 1.80. The van der Waals surface area contributed by atoms with Crippen LogP contribution >= 0.6 is 11.6 Å². The molecule has 1 saturated carbocycles. The zero-order valence-corrected chi connectivity index (χ0v) is 12.4. The third-order valence-electron chi connectivity index (χ3n) is 3.16. The highest BCUT2D eigenvalue weighted by Gasteiger charge is 2.46. The van der Waals surface area contributed by atoms with Crippen molar-refractivity contribution in [3.63, 3.8) is 0 Å². The van der Waals surface area contributed by atoms with Crippen molar-refractivity contribution in [1.82, 2.24) is 5.32 Å². The van der Waals surface area contributed by atoms with Crippen LogP contribution in [0.5, 0.6) is 5.75 Å². The van der Waals surface area contributed by atoms with Crippen LogP contribution in [0.1, 0.15) is 39.2 Å². The predicted octanol–water partition coefficient (Wildman–Crippen LogP) is 3.95. The van der Waals surface area contributed by atoms with Gasteiger partial charge in [0.15, 0.2) is 0 Å². The van der Waals surface area contributed by atoms with Gasteiger partial charge in [-0.25, -0.2) is 0 Å². The molecule has 1 aromatic carbocycles. The standard InChI is InChI=1S/C15H22ClNO/c1-11-5-6-12(16)13(9-11)18-15(7-8-15)10-17-14(2,3)4/h5-6,9,17H,7-8,10H2,1-4H3. The van der Waals surface area contributed by atoms with Crippen molar-refractivity contribution < 1.29 is 4.74 Å². The lowest BCUT2D eigenvalue weighted by atomic mass is 10.1.